The summed E-state index contributed by atoms with van der Waals surface area (Å²) < 4.78 is 0. The van der Waals surface area contributed by atoms with E-state index >= 15 is 0 Å². The van der Waals surface area contributed by atoms with Crippen LogP contribution < -0.4 is 5.32 Å². The van der Waals surface area contributed by atoms with Gasteiger partial charge in [-0.3, -0.25) is 15.0 Å². The molecule has 0 saturated heterocycles. The molecule has 0 aliphatic rings. The first kappa shape index (κ1) is 17.4. The van der Waals surface area contributed by atoms with Gasteiger partial charge in [-0.05, 0) is 37.6 Å². The summed E-state index contributed by atoms with van der Waals surface area (Å²) in [5.41, 5.74) is 2.19. The van der Waals surface area contributed by atoms with Crippen LogP contribution >= 0.6 is 0 Å². The Morgan fingerprint density at radius 2 is 2.00 bits per heavy atom. The highest BCUT2D eigenvalue weighted by Gasteiger charge is 2.13. The summed E-state index contributed by atoms with van der Waals surface area (Å²) in [5, 5.41) is 14.3. The van der Waals surface area contributed by atoms with Crippen molar-refractivity contribution in [1.29, 1.82) is 0 Å². The summed E-state index contributed by atoms with van der Waals surface area (Å²) in [6.07, 6.45) is 3.34. The summed E-state index contributed by atoms with van der Waals surface area (Å²) >= 11 is 0. The molecule has 1 aromatic carbocycles. The van der Waals surface area contributed by atoms with Crippen molar-refractivity contribution in [3.63, 3.8) is 0 Å². The van der Waals surface area contributed by atoms with Crippen LogP contribution in [-0.4, -0.2) is 29.5 Å². The quantitative estimate of drug-likeness (QED) is 0.522. The number of nitro groups is 1. The van der Waals surface area contributed by atoms with E-state index < -0.39 is 0 Å². The molecule has 0 spiro atoms. The van der Waals surface area contributed by atoms with Gasteiger partial charge in [0.05, 0.1) is 4.92 Å². The maximum absolute atomic E-state index is 11.0. The fraction of sp³-hybridized carbons (Fsp3) is 0.625. The van der Waals surface area contributed by atoms with Gasteiger partial charge in [0, 0.05) is 30.9 Å². The van der Waals surface area contributed by atoms with Crippen molar-refractivity contribution in [3.8, 4) is 0 Å². The Kier molecular flexibility index (Phi) is 7.75. The highest BCUT2D eigenvalue weighted by molar-refractivity contribution is 5.56. The molecule has 0 atom stereocenters. The van der Waals surface area contributed by atoms with Gasteiger partial charge in [0.2, 0.25) is 0 Å². The van der Waals surface area contributed by atoms with Gasteiger partial charge in [-0.1, -0.05) is 27.2 Å². The minimum atomic E-state index is -0.324. The molecule has 0 aromatic heterocycles. The number of nitrogens with one attached hydrogen (secondary N) is 1. The van der Waals surface area contributed by atoms with E-state index in [-0.39, 0.29) is 10.6 Å². The van der Waals surface area contributed by atoms with Crippen molar-refractivity contribution in [2.45, 2.75) is 46.6 Å². The second kappa shape index (κ2) is 9.34. The highest BCUT2D eigenvalue weighted by atomic mass is 16.6. The molecule has 118 valence electrons. The van der Waals surface area contributed by atoms with Gasteiger partial charge in [0.1, 0.15) is 0 Å². The van der Waals surface area contributed by atoms with Crippen LogP contribution in [0.3, 0.4) is 0 Å². The molecule has 0 amide bonds. The van der Waals surface area contributed by atoms with E-state index in [0.717, 1.165) is 56.7 Å². The van der Waals surface area contributed by atoms with E-state index in [1.165, 1.54) is 0 Å². The monoisotopic (exact) mass is 293 g/mol. The standard InChI is InChI=1S/C16H27N3O2/c1-4-7-11-18(6-3)13-14-12-15(19(20)21)8-9-16(14)17-10-5-2/h8-9,12,17H,4-7,10-11,13H2,1-3H3. The van der Waals surface area contributed by atoms with Crippen LogP contribution in [0.1, 0.15) is 45.6 Å². The van der Waals surface area contributed by atoms with Gasteiger partial charge in [-0.2, -0.15) is 0 Å². The number of rotatable bonds is 10. The van der Waals surface area contributed by atoms with Crippen LogP contribution in [0.2, 0.25) is 0 Å². The number of nitro benzene ring substituents is 1. The molecule has 0 fully saturated rings. The predicted molar refractivity (Wildman–Crippen MR) is 87.7 cm³/mol. The minimum Gasteiger partial charge on any atom is -0.385 e. The van der Waals surface area contributed by atoms with Crippen LogP contribution in [0.25, 0.3) is 0 Å². The molecule has 0 unspecified atom stereocenters. The molecule has 1 aromatic rings. The lowest BCUT2D eigenvalue weighted by atomic mass is 10.1. The zero-order chi connectivity index (χ0) is 15.7. The van der Waals surface area contributed by atoms with Gasteiger partial charge < -0.3 is 5.32 Å². The number of unbranched alkanes of at least 4 members (excludes halogenated alkanes) is 1. The molecule has 0 saturated carbocycles. The summed E-state index contributed by atoms with van der Waals surface area (Å²) in [6, 6.07) is 5.10. The van der Waals surface area contributed by atoms with Crippen LogP contribution in [0.5, 0.6) is 0 Å². The van der Waals surface area contributed by atoms with Gasteiger partial charge >= 0.3 is 0 Å². The number of nitrogens with zero attached hydrogens (tertiary/aromatic N) is 2. The van der Waals surface area contributed by atoms with E-state index in [1.54, 1.807) is 12.1 Å². The summed E-state index contributed by atoms with van der Waals surface area (Å²) in [4.78, 5) is 13.0. The Morgan fingerprint density at radius 3 is 2.57 bits per heavy atom. The second-order valence-electron chi connectivity index (χ2n) is 5.25. The largest absolute Gasteiger partial charge is 0.385 e. The lowest BCUT2D eigenvalue weighted by molar-refractivity contribution is -0.384. The highest BCUT2D eigenvalue weighted by Crippen LogP contribution is 2.24. The zero-order valence-electron chi connectivity index (χ0n) is 13.4. The van der Waals surface area contributed by atoms with Gasteiger partial charge in [-0.15, -0.1) is 0 Å². The van der Waals surface area contributed by atoms with Gasteiger partial charge in [0.25, 0.3) is 5.69 Å². The van der Waals surface area contributed by atoms with E-state index in [9.17, 15) is 10.1 Å². The SMILES string of the molecule is CCCCN(CC)Cc1cc([N+](=O)[O-])ccc1NCCC. The molecular formula is C16H27N3O2. The van der Waals surface area contributed by atoms with Crippen molar-refractivity contribution in [1.82, 2.24) is 4.90 Å². The van der Waals surface area contributed by atoms with Gasteiger partial charge in [0.15, 0.2) is 0 Å². The Hall–Kier alpha value is -1.62. The molecule has 21 heavy (non-hydrogen) atoms. The molecule has 1 rings (SSSR count). The third kappa shape index (κ3) is 5.71. The lowest BCUT2D eigenvalue weighted by Crippen LogP contribution is -2.24. The summed E-state index contributed by atoms with van der Waals surface area (Å²) in [6.45, 7) is 10.0. The Balaban J connectivity index is 2.92. The molecule has 5 heteroatoms. The van der Waals surface area contributed by atoms with Crippen LogP contribution in [-0.2, 0) is 6.54 Å². The second-order valence-corrected chi connectivity index (χ2v) is 5.25. The van der Waals surface area contributed by atoms with Crippen molar-refractivity contribution in [2.24, 2.45) is 0 Å². The Morgan fingerprint density at radius 1 is 1.24 bits per heavy atom. The maximum Gasteiger partial charge on any atom is 0.269 e. The molecule has 5 nitrogen and oxygen atoms in total. The predicted octanol–water partition coefficient (Wildman–Crippen LogP) is 4.04. The fourth-order valence-corrected chi connectivity index (χ4v) is 2.23. The third-order valence-corrected chi connectivity index (χ3v) is 3.53. The molecule has 1 N–H and O–H groups in total. The molecule has 0 bridgehead atoms. The third-order valence-electron chi connectivity index (χ3n) is 3.53. The maximum atomic E-state index is 11.0. The molecule has 0 aliphatic heterocycles. The molecular weight excluding hydrogens is 266 g/mol. The Bertz CT molecular complexity index is 449. The first-order valence-corrected chi connectivity index (χ1v) is 7.85. The van der Waals surface area contributed by atoms with Crippen molar-refractivity contribution in [2.75, 3.05) is 25.0 Å². The number of non-ortho nitro benzene ring substituents is 1. The number of benzene rings is 1. The smallest absolute Gasteiger partial charge is 0.269 e. The average molecular weight is 293 g/mol. The Labute approximate surface area is 127 Å². The van der Waals surface area contributed by atoms with E-state index in [1.807, 2.05) is 6.07 Å². The van der Waals surface area contributed by atoms with Crippen LogP contribution in [0.4, 0.5) is 11.4 Å². The lowest BCUT2D eigenvalue weighted by Gasteiger charge is -2.22. The topological polar surface area (TPSA) is 58.4 Å². The first-order chi connectivity index (χ1) is 10.1. The average Bonchev–Trinajstić information content (AvgIpc) is 2.49. The summed E-state index contributed by atoms with van der Waals surface area (Å²) in [7, 11) is 0. The number of hydrogen-bond acceptors (Lipinski definition) is 4. The molecule has 0 heterocycles. The van der Waals surface area contributed by atoms with Crippen LogP contribution in [0, 0.1) is 10.1 Å². The summed E-state index contributed by atoms with van der Waals surface area (Å²) in [5.74, 6) is 0. The van der Waals surface area contributed by atoms with Crippen molar-refractivity contribution < 1.29 is 4.92 Å². The van der Waals surface area contributed by atoms with Crippen molar-refractivity contribution >= 4 is 11.4 Å². The fourth-order valence-electron chi connectivity index (χ4n) is 2.23. The van der Waals surface area contributed by atoms with Gasteiger partial charge in [-0.25, -0.2) is 0 Å². The van der Waals surface area contributed by atoms with Crippen molar-refractivity contribution in [3.05, 3.63) is 33.9 Å². The molecule has 0 aliphatic carbocycles. The first-order valence-electron chi connectivity index (χ1n) is 7.85. The van der Waals surface area contributed by atoms with Crippen LogP contribution in [0.15, 0.2) is 18.2 Å². The zero-order valence-corrected chi connectivity index (χ0v) is 13.4. The number of hydrogen-bond donors (Lipinski definition) is 1. The molecule has 0 radical (unpaired) electrons. The number of anilines is 1. The van der Waals surface area contributed by atoms with E-state index in [4.69, 9.17) is 0 Å². The minimum absolute atomic E-state index is 0.165. The normalized spacial score (nSPS) is 10.9. The van der Waals surface area contributed by atoms with E-state index in [2.05, 4.69) is 31.0 Å². The van der Waals surface area contributed by atoms with E-state index in [0.29, 0.717) is 0 Å².